The van der Waals surface area contributed by atoms with Crippen molar-refractivity contribution in [3.05, 3.63) is 65.2 Å². The molecule has 4 heteroatoms. The number of hydrogen-bond acceptors (Lipinski definition) is 2. The molecule has 0 atom stereocenters. The van der Waals surface area contributed by atoms with Gasteiger partial charge in [-0.1, -0.05) is 44.2 Å². The monoisotopic (exact) mass is 325 g/mol. The summed E-state index contributed by atoms with van der Waals surface area (Å²) in [6.45, 7) is 4.41. The molecular formula is C20H23NO3. The van der Waals surface area contributed by atoms with Crippen LogP contribution < -0.4 is 4.90 Å². The molecule has 0 unspecified atom stereocenters. The van der Waals surface area contributed by atoms with Crippen molar-refractivity contribution >= 4 is 17.6 Å². The van der Waals surface area contributed by atoms with Crippen LogP contribution in [0.1, 0.15) is 48.2 Å². The molecule has 0 aliphatic rings. The van der Waals surface area contributed by atoms with Gasteiger partial charge in [-0.3, -0.25) is 4.79 Å². The maximum atomic E-state index is 12.6. The number of carboxylic acids is 1. The van der Waals surface area contributed by atoms with Crippen LogP contribution in [0.5, 0.6) is 0 Å². The van der Waals surface area contributed by atoms with Crippen LogP contribution in [0.4, 0.5) is 5.69 Å². The highest BCUT2D eigenvalue weighted by molar-refractivity contribution is 5.94. The molecule has 126 valence electrons. The molecule has 0 heterocycles. The molecule has 0 aliphatic heterocycles. The zero-order valence-corrected chi connectivity index (χ0v) is 14.2. The Morgan fingerprint density at radius 3 is 2.46 bits per heavy atom. The van der Waals surface area contributed by atoms with Crippen molar-refractivity contribution < 1.29 is 14.7 Å². The van der Waals surface area contributed by atoms with Gasteiger partial charge in [-0.15, -0.1) is 0 Å². The predicted molar refractivity (Wildman–Crippen MR) is 95.3 cm³/mol. The van der Waals surface area contributed by atoms with Crippen molar-refractivity contribution in [2.75, 3.05) is 4.90 Å². The first kappa shape index (κ1) is 17.7. The van der Waals surface area contributed by atoms with Crippen LogP contribution in [0.15, 0.2) is 48.5 Å². The van der Waals surface area contributed by atoms with E-state index in [1.807, 2.05) is 37.3 Å². The highest BCUT2D eigenvalue weighted by Gasteiger charge is 2.18. The van der Waals surface area contributed by atoms with Crippen molar-refractivity contribution in [1.29, 1.82) is 0 Å². The normalized spacial score (nSPS) is 10.4. The molecule has 2 aromatic rings. The molecule has 4 nitrogen and oxygen atoms in total. The Labute approximate surface area is 142 Å². The highest BCUT2D eigenvalue weighted by atomic mass is 16.4. The van der Waals surface area contributed by atoms with Crippen molar-refractivity contribution in [2.45, 2.75) is 39.7 Å². The van der Waals surface area contributed by atoms with E-state index in [4.69, 9.17) is 5.11 Å². The van der Waals surface area contributed by atoms with Gasteiger partial charge in [0.05, 0.1) is 12.1 Å². The zero-order valence-electron chi connectivity index (χ0n) is 14.2. The third-order valence-corrected chi connectivity index (χ3v) is 3.94. The summed E-state index contributed by atoms with van der Waals surface area (Å²) in [4.78, 5) is 25.6. The molecule has 0 radical (unpaired) electrons. The summed E-state index contributed by atoms with van der Waals surface area (Å²) in [5.41, 5.74) is 3.06. The van der Waals surface area contributed by atoms with E-state index in [1.165, 1.54) is 0 Å². The third kappa shape index (κ3) is 4.22. The molecule has 0 saturated carbocycles. The molecule has 1 N–H and O–H groups in total. The number of rotatable bonds is 7. The first-order chi connectivity index (χ1) is 11.6. The molecule has 2 aromatic carbocycles. The zero-order chi connectivity index (χ0) is 17.5. The summed E-state index contributed by atoms with van der Waals surface area (Å²) in [6, 6.07) is 14.6. The van der Waals surface area contributed by atoms with Crippen LogP contribution in [0.2, 0.25) is 0 Å². The smallest absolute Gasteiger partial charge is 0.335 e. The average molecular weight is 325 g/mol. The molecule has 0 fully saturated rings. The molecular weight excluding hydrogens is 302 g/mol. The molecule has 0 aliphatic carbocycles. The van der Waals surface area contributed by atoms with Crippen LogP contribution in [-0.2, 0) is 17.8 Å². The van der Waals surface area contributed by atoms with Crippen LogP contribution in [0.25, 0.3) is 0 Å². The van der Waals surface area contributed by atoms with E-state index < -0.39 is 5.97 Å². The topological polar surface area (TPSA) is 57.6 Å². The Morgan fingerprint density at radius 2 is 1.79 bits per heavy atom. The van der Waals surface area contributed by atoms with Crippen molar-refractivity contribution in [1.82, 2.24) is 0 Å². The summed E-state index contributed by atoms with van der Waals surface area (Å²) in [6.07, 6.45) is 2.08. The number of para-hydroxylation sites is 1. The molecule has 0 bridgehead atoms. The van der Waals surface area contributed by atoms with Gasteiger partial charge in [-0.2, -0.15) is 0 Å². The molecule has 1 amide bonds. The van der Waals surface area contributed by atoms with Gasteiger partial charge in [-0.05, 0) is 42.2 Å². The van der Waals surface area contributed by atoms with Gasteiger partial charge < -0.3 is 10.0 Å². The minimum absolute atomic E-state index is 0.0547. The minimum atomic E-state index is -0.961. The van der Waals surface area contributed by atoms with E-state index in [0.29, 0.717) is 13.0 Å². The minimum Gasteiger partial charge on any atom is -0.478 e. The third-order valence-electron chi connectivity index (χ3n) is 3.94. The van der Waals surface area contributed by atoms with Gasteiger partial charge in [0, 0.05) is 12.1 Å². The fourth-order valence-electron chi connectivity index (χ4n) is 2.71. The lowest BCUT2D eigenvalue weighted by Gasteiger charge is -2.25. The van der Waals surface area contributed by atoms with Crippen LogP contribution >= 0.6 is 0 Å². The lowest BCUT2D eigenvalue weighted by atomic mass is 10.1. The van der Waals surface area contributed by atoms with E-state index in [9.17, 15) is 9.59 Å². The molecule has 0 aromatic heterocycles. The predicted octanol–water partition coefficient (Wildman–Crippen LogP) is 4.28. The lowest BCUT2D eigenvalue weighted by molar-refractivity contribution is -0.118. The Hall–Kier alpha value is -2.62. The maximum Gasteiger partial charge on any atom is 0.335 e. The van der Waals surface area contributed by atoms with Gasteiger partial charge in [-0.25, -0.2) is 4.79 Å². The van der Waals surface area contributed by atoms with E-state index >= 15 is 0 Å². The Morgan fingerprint density at radius 1 is 1.04 bits per heavy atom. The second-order valence-corrected chi connectivity index (χ2v) is 5.72. The number of carboxylic acid groups (broad SMARTS) is 1. The summed E-state index contributed by atoms with van der Waals surface area (Å²) in [7, 11) is 0. The number of nitrogens with zero attached hydrogens (tertiary/aromatic N) is 1. The average Bonchev–Trinajstić information content (AvgIpc) is 2.60. The highest BCUT2D eigenvalue weighted by Crippen LogP contribution is 2.24. The number of benzene rings is 2. The Kier molecular flexibility index (Phi) is 6.13. The van der Waals surface area contributed by atoms with Crippen molar-refractivity contribution in [2.24, 2.45) is 0 Å². The molecule has 24 heavy (non-hydrogen) atoms. The molecule has 0 spiro atoms. The summed E-state index contributed by atoms with van der Waals surface area (Å²) in [5.74, 6) is -0.906. The summed E-state index contributed by atoms with van der Waals surface area (Å²) >= 11 is 0. The van der Waals surface area contributed by atoms with Gasteiger partial charge in [0.25, 0.3) is 0 Å². The number of hydrogen-bond donors (Lipinski definition) is 1. The quantitative estimate of drug-likeness (QED) is 0.826. The summed E-state index contributed by atoms with van der Waals surface area (Å²) < 4.78 is 0. The fraction of sp³-hybridized carbons (Fsp3) is 0.300. The first-order valence-electron chi connectivity index (χ1n) is 8.27. The second-order valence-electron chi connectivity index (χ2n) is 5.72. The Balaban J connectivity index is 2.38. The number of carbonyl (C=O) groups is 2. The lowest BCUT2D eigenvalue weighted by Crippen LogP contribution is -2.31. The number of anilines is 1. The van der Waals surface area contributed by atoms with Crippen LogP contribution in [-0.4, -0.2) is 17.0 Å². The number of aromatic carboxylic acids is 1. The van der Waals surface area contributed by atoms with Crippen LogP contribution in [0, 0.1) is 0 Å². The standard InChI is InChI=1S/C20H23NO3/c1-3-8-19(22)21(18-12-6-5-10-16(18)4-2)14-15-9-7-11-17(13-15)20(23)24/h5-7,9-13H,3-4,8,14H2,1-2H3,(H,23,24). The van der Waals surface area contributed by atoms with E-state index in [0.717, 1.165) is 29.7 Å². The fourth-order valence-corrected chi connectivity index (χ4v) is 2.71. The number of carbonyl (C=O) groups excluding carboxylic acids is 1. The Bertz CT molecular complexity index is 724. The van der Waals surface area contributed by atoms with Crippen molar-refractivity contribution in [3.63, 3.8) is 0 Å². The maximum absolute atomic E-state index is 12.6. The number of aryl methyl sites for hydroxylation is 1. The summed E-state index contributed by atoms with van der Waals surface area (Å²) in [5, 5.41) is 9.16. The van der Waals surface area contributed by atoms with Gasteiger partial charge >= 0.3 is 5.97 Å². The first-order valence-corrected chi connectivity index (χ1v) is 8.27. The van der Waals surface area contributed by atoms with Gasteiger partial charge in [0.15, 0.2) is 0 Å². The largest absolute Gasteiger partial charge is 0.478 e. The van der Waals surface area contributed by atoms with Gasteiger partial charge in [0.1, 0.15) is 0 Å². The number of amides is 1. The molecule has 2 rings (SSSR count). The molecule has 0 saturated heterocycles. The SMILES string of the molecule is CCCC(=O)N(Cc1cccc(C(=O)O)c1)c1ccccc1CC. The van der Waals surface area contributed by atoms with E-state index in [1.54, 1.807) is 23.1 Å². The van der Waals surface area contributed by atoms with Gasteiger partial charge in [0.2, 0.25) is 5.91 Å². The second kappa shape index (κ2) is 8.29. The van der Waals surface area contributed by atoms with Crippen LogP contribution in [0.3, 0.4) is 0 Å². The van der Waals surface area contributed by atoms with Crippen molar-refractivity contribution in [3.8, 4) is 0 Å². The van der Waals surface area contributed by atoms with E-state index in [2.05, 4.69) is 6.92 Å². The van der Waals surface area contributed by atoms with E-state index in [-0.39, 0.29) is 11.5 Å².